The number of hydrogen-bond donors (Lipinski definition) is 3. The molecular formula is C21H29FO5. The van der Waals surface area contributed by atoms with Gasteiger partial charge in [0, 0.05) is 16.7 Å². The summed E-state index contributed by atoms with van der Waals surface area (Å²) in [7, 11) is 0. The van der Waals surface area contributed by atoms with E-state index in [4.69, 9.17) is 0 Å². The molecule has 6 heteroatoms. The van der Waals surface area contributed by atoms with Crippen LogP contribution in [0.4, 0.5) is 4.70 Å². The molecule has 3 saturated carbocycles. The summed E-state index contributed by atoms with van der Waals surface area (Å²) in [4.78, 5) is 24.2. The van der Waals surface area contributed by atoms with Crippen molar-refractivity contribution in [1.82, 2.24) is 0 Å². The molecule has 0 heterocycles. The van der Waals surface area contributed by atoms with Crippen LogP contribution in [0.3, 0.4) is 0 Å². The van der Waals surface area contributed by atoms with Crippen molar-refractivity contribution in [1.29, 1.82) is 0 Å². The van der Waals surface area contributed by atoms with E-state index in [0.29, 0.717) is 12.8 Å². The Bertz CT molecular complexity index is 730. The van der Waals surface area contributed by atoms with Gasteiger partial charge in [0.05, 0.1) is 6.10 Å². The maximum Gasteiger partial charge on any atom is 0.190 e. The molecule has 3 N–H and O–H groups in total. The highest BCUT2D eigenvalue weighted by atomic mass is 19.0. The van der Waals surface area contributed by atoms with E-state index in [0.717, 1.165) is 24.8 Å². The zero-order chi connectivity index (χ0) is 18.9. The van der Waals surface area contributed by atoms with Crippen molar-refractivity contribution in [2.24, 2.45) is 28.6 Å². The largest absolute Gasteiger partial charge is 0.393 e. The Labute approximate surface area is 158 Å². The molecule has 150 valence electrons. The third-order valence-electron chi connectivity index (χ3n) is 8.25. The van der Waals surface area contributed by atoms with Crippen LogP contribution in [0.1, 0.15) is 46.0 Å². The molecule has 4 aliphatic carbocycles. The first-order valence-electron chi connectivity index (χ1n) is 9.66. The predicted molar refractivity (Wildman–Crippen MR) is 97.6 cm³/mol. The van der Waals surface area contributed by atoms with E-state index in [-0.39, 0.29) is 33.7 Å². The fraction of sp³-hybridized carbons (Fsp3) is 0.714. The summed E-state index contributed by atoms with van der Waals surface area (Å²) in [6, 6.07) is 0. The van der Waals surface area contributed by atoms with Crippen LogP contribution in [0.25, 0.3) is 0 Å². The molecule has 0 amide bonds. The van der Waals surface area contributed by atoms with E-state index >= 15 is 0 Å². The smallest absolute Gasteiger partial charge is 0.190 e. The van der Waals surface area contributed by atoms with Gasteiger partial charge in [0.15, 0.2) is 11.6 Å². The molecule has 4 rings (SSSR count). The summed E-state index contributed by atoms with van der Waals surface area (Å²) in [5, 5.41) is 31.7. The SMILES string of the molecule is C[C@]12C=CC(=O)C=C1CC[C@@H]1[C@@H]2[C@@H](O)C[C@@]2(C)[C@H]1CC[C@]2(O)C(=O)CO.F. The summed E-state index contributed by atoms with van der Waals surface area (Å²) >= 11 is 0. The van der Waals surface area contributed by atoms with E-state index in [1.807, 2.05) is 13.0 Å². The summed E-state index contributed by atoms with van der Waals surface area (Å²) in [5.74, 6) is -0.227. The van der Waals surface area contributed by atoms with Gasteiger partial charge in [-0.3, -0.25) is 14.3 Å². The Kier molecular flexibility index (Phi) is 4.77. The Balaban J connectivity index is 0.00000210. The summed E-state index contributed by atoms with van der Waals surface area (Å²) < 4.78 is 0. The van der Waals surface area contributed by atoms with E-state index in [1.54, 1.807) is 12.2 Å². The number of hydrogen-bond acceptors (Lipinski definition) is 5. The molecular weight excluding hydrogens is 351 g/mol. The highest BCUT2D eigenvalue weighted by Crippen LogP contribution is 2.67. The molecule has 27 heavy (non-hydrogen) atoms. The van der Waals surface area contributed by atoms with Crippen LogP contribution in [0.2, 0.25) is 0 Å². The summed E-state index contributed by atoms with van der Waals surface area (Å²) in [6.07, 6.45) is 7.68. The number of rotatable bonds is 2. The molecule has 0 unspecified atom stereocenters. The molecule has 0 bridgehead atoms. The molecule has 0 aromatic carbocycles. The molecule has 0 spiro atoms. The predicted octanol–water partition coefficient (Wildman–Crippen LogP) is 1.71. The fourth-order valence-electron chi connectivity index (χ4n) is 6.92. The summed E-state index contributed by atoms with van der Waals surface area (Å²) in [5.41, 5.74) is -1.54. The van der Waals surface area contributed by atoms with Crippen LogP contribution in [0, 0.1) is 28.6 Å². The zero-order valence-corrected chi connectivity index (χ0v) is 15.9. The lowest BCUT2D eigenvalue weighted by Crippen LogP contribution is -2.61. The first-order valence-corrected chi connectivity index (χ1v) is 9.66. The van der Waals surface area contributed by atoms with Crippen molar-refractivity contribution in [3.05, 3.63) is 23.8 Å². The molecule has 0 aromatic rings. The maximum absolute atomic E-state index is 12.4. The molecule has 5 nitrogen and oxygen atoms in total. The molecule has 0 saturated heterocycles. The van der Waals surface area contributed by atoms with Crippen LogP contribution in [-0.2, 0) is 9.59 Å². The first kappa shape index (κ1) is 20.4. The molecule has 4 aliphatic rings. The number of halogens is 1. The van der Waals surface area contributed by atoms with Gasteiger partial charge in [-0.15, -0.1) is 0 Å². The average molecular weight is 380 g/mol. The van der Waals surface area contributed by atoms with Crippen LogP contribution in [0.5, 0.6) is 0 Å². The van der Waals surface area contributed by atoms with Crippen LogP contribution < -0.4 is 0 Å². The van der Waals surface area contributed by atoms with Crippen molar-refractivity contribution >= 4 is 11.6 Å². The molecule has 7 atom stereocenters. The number of aliphatic hydroxyl groups is 3. The average Bonchev–Trinajstić information content (AvgIpc) is 2.86. The number of carbonyl (C=O) groups is 2. The molecule has 0 aromatic heterocycles. The van der Waals surface area contributed by atoms with E-state index in [2.05, 4.69) is 6.92 Å². The lowest BCUT2D eigenvalue weighted by Gasteiger charge is -2.59. The van der Waals surface area contributed by atoms with Gasteiger partial charge in [-0.2, -0.15) is 0 Å². The summed E-state index contributed by atoms with van der Waals surface area (Å²) in [6.45, 7) is 3.34. The molecule has 3 fully saturated rings. The zero-order valence-electron chi connectivity index (χ0n) is 15.9. The molecule has 0 aliphatic heterocycles. The Morgan fingerprint density at radius 2 is 2.00 bits per heavy atom. The van der Waals surface area contributed by atoms with Crippen LogP contribution in [0.15, 0.2) is 23.8 Å². The standard InChI is InChI=1S/C21H28O5.FH/c1-19-7-5-13(23)9-12(19)3-4-14-15-6-8-21(26,17(25)11-22)20(15,2)10-16(24)18(14)19;/h5,7,9,14-16,18,22,24,26H,3-4,6,8,10-11H2,1-2H3;1H/t14-,15-,16-,18+,19-,20-,21-;/m0./s1. The second kappa shape index (κ2) is 6.33. The third-order valence-corrected chi connectivity index (χ3v) is 8.25. The van der Waals surface area contributed by atoms with E-state index in [9.17, 15) is 24.9 Å². The number of fused-ring (bicyclic) bond motifs is 5. The minimum atomic E-state index is -1.56. The number of Topliss-reactive ketones (excluding diaryl/α,β-unsaturated/α-hetero) is 1. The highest BCUT2D eigenvalue weighted by molar-refractivity contribution is 6.01. The Morgan fingerprint density at radius 1 is 1.30 bits per heavy atom. The third kappa shape index (κ3) is 2.46. The highest BCUT2D eigenvalue weighted by Gasteiger charge is 2.67. The number of aliphatic hydroxyl groups excluding tert-OH is 2. The fourth-order valence-corrected chi connectivity index (χ4v) is 6.92. The quantitative estimate of drug-likeness (QED) is 0.678. The Hall–Kier alpha value is -1.37. The van der Waals surface area contributed by atoms with Gasteiger partial charge in [-0.1, -0.05) is 25.5 Å². The maximum atomic E-state index is 12.4. The van der Waals surface area contributed by atoms with Crippen molar-refractivity contribution in [3.8, 4) is 0 Å². The topological polar surface area (TPSA) is 94.8 Å². The van der Waals surface area contributed by atoms with Gasteiger partial charge >= 0.3 is 0 Å². The van der Waals surface area contributed by atoms with Crippen LogP contribution in [-0.4, -0.2) is 45.2 Å². The van der Waals surface area contributed by atoms with Crippen molar-refractivity contribution in [3.63, 3.8) is 0 Å². The minimum absolute atomic E-state index is 0. The second-order valence-electron chi connectivity index (χ2n) is 9.19. The van der Waals surface area contributed by atoms with E-state index in [1.165, 1.54) is 0 Å². The number of ketones is 2. The van der Waals surface area contributed by atoms with Crippen molar-refractivity contribution in [2.75, 3.05) is 6.61 Å². The number of allylic oxidation sites excluding steroid dienone is 4. The van der Waals surface area contributed by atoms with Gasteiger partial charge in [-0.05, 0) is 56.1 Å². The van der Waals surface area contributed by atoms with Gasteiger partial charge in [0.2, 0.25) is 0 Å². The van der Waals surface area contributed by atoms with Gasteiger partial charge < -0.3 is 15.3 Å². The van der Waals surface area contributed by atoms with Gasteiger partial charge in [0.25, 0.3) is 0 Å². The first-order chi connectivity index (χ1) is 12.2. The number of carbonyl (C=O) groups excluding carboxylic acids is 2. The van der Waals surface area contributed by atoms with Crippen molar-refractivity contribution < 1.29 is 29.6 Å². The van der Waals surface area contributed by atoms with Crippen molar-refractivity contribution in [2.45, 2.75) is 57.7 Å². The lowest BCUT2D eigenvalue weighted by molar-refractivity contribution is -0.178. The minimum Gasteiger partial charge on any atom is -0.393 e. The normalized spacial score (nSPS) is 48.0. The van der Waals surface area contributed by atoms with Gasteiger partial charge in [-0.25, -0.2) is 0 Å². The Morgan fingerprint density at radius 3 is 2.67 bits per heavy atom. The monoisotopic (exact) mass is 380 g/mol. The second-order valence-corrected chi connectivity index (χ2v) is 9.19. The molecule has 0 radical (unpaired) electrons. The van der Waals surface area contributed by atoms with Crippen LogP contribution >= 0.6 is 0 Å². The van der Waals surface area contributed by atoms with Gasteiger partial charge in [0.1, 0.15) is 12.2 Å². The van der Waals surface area contributed by atoms with E-state index < -0.39 is 29.5 Å². The lowest BCUT2D eigenvalue weighted by atomic mass is 9.46.